The van der Waals surface area contributed by atoms with Gasteiger partial charge in [0, 0.05) is 6.20 Å². The van der Waals surface area contributed by atoms with Crippen molar-refractivity contribution in [2.24, 2.45) is 0 Å². The quantitative estimate of drug-likeness (QED) is 0.705. The molecule has 0 aliphatic carbocycles. The van der Waals surface area contributed by atoms with Crippen LogP contribution in [0.25, 0.3) is 5.69 Å². The van der Waals surface area contributed by atoms with Gasteiger partial charge in [-0.2, -0.15) is 0 Å². The third-order valence-electron chi connectivity index (χ3n) is 1.83. The zero-order valence-electron chi connectivity index (χ0n) is 7.54. The number of H-pyrrole nitrogens is 1. The number of hydrogen-bond acceptors (Lipinski definition) is 4. The van der Waals surface area contributed by atoms with Crippen LogP contribution in [0.4, 0.5) is 0 Å². The molecule has 0 saturated carbocycles. The van der Waals surface area contributed by atoms with Crippen molar-refractivity contribution in [3.05, 3.63) is 45.7 Å². The van der Waals surface area contributed by atoms with Gasteiger partial charge in [0.05, 0.1) is 18.0 Å². The van der Waals surface area contributed by atoms with E-state index in [1.165, 1.54) is 10.8 Å². The Bertz CT molecular complexity index is 588. The van der Waals surface area contributed by atoms with Crippen LogP contribution in [0.3, 0.4) is 0 Å². The van der Waals surface area contributed by atoms with Crippen molar-refractivity contribution in [2.75, 3.05) is 0 Å². The molecule has 0 saturated heterocycles. The van der Waals surface area contributed by atoms with Crippen LogP contribution in [-0.2, 0) is 0 Å². The summed E-state index contributed by atoms with van der Waals surface area (Å²) in [4.78, 5) is 17.3. The van der Waals surface area contributed by atoms with Crippen LogP contribution in [0.15, 0.2) is 35.4 Å². The fourth-order valence-corrected chi connectivity index (χ4v) is 1.52. The Labute approximate surface area is 89.7 Å². The van der Waals surface area contributed by atoms with Gasteiger partial charge in [-0.1, -0.05) is 0 Å². The summed E-state index contributed by atoms with van der Waals surface area (Å²) < 4.78 is 1.46. The first-order valence-corrected chi connectivity index (χ1v) is 4.55. The monoisotopic (exact) mass is 221 g/mol. The van der Waals surface area contributed by atoms with E-state index in [0.29, 0.717) is 5.69 Å². The lowest BCUT2D eigenvalue weighted by molar-refractivity contribution is 0.433. The number of hydrogen-bond donors (Lipinski definition) is 2. The normalized spacial score (nSPS) is 10.1. The van der Waals surface area contributed by atoms with Crippen LogP contribution < -0.4 is 5.56 Å². The molecular formula is C9H7N3O2S. The minimum absolute atomic E-state index is 0.132. The van der Waals surface area contributed by atoms with Crippen LogP contribution in [0, 0.1) is 4.77 Å². The molecule has 76 valence electrons. The van der Waals surface area contributed by atoms with E-state index in [-0.39, 0.29) is 10.7 Å². The summed E-state index contributed by atoms with van der Waals surface area (Å²) >= 11 is 4.93. The average molecular weight is 221 g/mol. The van der Waals surface area contributed by atoms with E-state index in [0.717, 1.165) is 6.07 Å². The van der Waals surface area contributed by atoms with Crippen molar-refractivity contribution in [2.45, 2.75) is 0 Å². The molecule has 15 heavy (non-hydrogen) atoms. The summed E-state index contributed by atoms with van der Waals surface area (Å²) in [5.74, 6) is -0.211. The molecule has 0 aromatic carbocycles. The first kappa shape index (κ1) is 9.60. The summed E-state index contributed by atoms with van der Waals surface area (Å²) in [5.41, 5.74) is 0.161. The predicted octanol–water partition coefficient (Wildman–Crippen LogP) is 0.996. The number of rotatable bonds is 1. The third kappa shape index (κ3) is 1.79. The largest absolute Gasteiger partial charge is 0.494 e. The number of nitrogens with zero attached hydrogens (tertiary/aromatic N) is 2. The molecule has 0 amide bonds. The standard InChI is InChI=1S/C9H7N3O2S/c13-7-4-8(14)12(9(15)11-7)6-2-1-3-10-5-6/h1-5,14H,(H,11,13,15). The fourth-order valence-electron chi connectivity index (χ4n) is 1.22. The summed E-state index contributed by atoms with van der Waals surface area (Å²) in [6.07, 6.45) is 3.14. The molecule has 0 aliphatic heterocycles. The zero-order chi connectivity index (χ0) is 10.8. The lowest BCUT2D eigenvalue weighted by Gasteiger charge is -2.07. The molecule has 0 spiro atoms. The Morgan fingerprint density at radius 2 is 2.33 bits per heavy atom. The van der Waals surface area contributed by atoms with Crippen LogP contribution in [0.2, 0.25) is 0 Å². The highest BCUT2D eigenvalue weighted by Crippen LogP contribution is 2.13. The molecule has 2 rings (SSSR count). The number of pyridine rings is 1. The zero-order valence-corrected chi connectivity index (χ0v) is 8.36. The highest BCUT2D eigenvalue weighted by atomic mass is 32.1. The van der Waals surface area contributed by atoms with E-state index >= 15 is 0 Å². The molecule has 0 atom stereocenters. The molecular weight excluding hydrogens is 214 g/mol. The predicted molar refractivity (Wildman–Crippen MR) is 56.7 cm³/mol. The molecule has 0 unspecified atom stereocenters. The first-order valence-electron chi connectivity index (χ1n) is 4.14. The van der Waals surface area contributed by atoms with E-state index in [4.69, 9.17) is 12.2 Å². The van der Waals surface area contributed by atoms with Gasteiger partial charge in [-0.05, 0) is 24.4 Å². The van der Waals surface area contributed by atoms with Crippen molar-refractivity contribution in [3.63, 3.8) is 0 Å². The maximum atomic E-state index is 11.0. The second-order valence-electron chi connectivity index (χ2n) is 2.84. The van der Waals surface area contributed by atoms with Gasteiger partial charge >= 0.3 is 0 Å². The summed E-state index contributed by atoms with van der Waals surface area (Å²) in [5, 5.41) is 9.57. The van der Waals surface area contributed by atoms with E-state index in [1.807, 2.05) is 0 Å². The highest BCUT2D eigenvalue weighted by Gasteiger charge is 2.03. The SMILES string of the molecule is O=c1cc(O)n(-c2cccnc2)c(=S)[nH]1. The Hall–Kier alpha value is -1.95. The third-order valence-corrected chi connectivity index (χ3v) is 2.11. The summed E-state index contributed by atoms with van der Waals surface area (Å²) in [7, 11) is 0. The highest BCUT2D eigenvalue weighted by molar-refractivity contribution is 7.71. The van der Waals surface area contributed by atoms with Crippen LogP contribution in [0.5, 0.6) is 5.88 Å². The van der Waals surface area contributed by atoms with Gasteiger partial charge in [0.1, 0.15) is 0 Å². The molecule has 0 fully saturated rings. The Balaban J connectivity index is 2.75. The second-order valence-corrected chi connectivity index (χ2v) is 3.23. The summed E-state index contributed by atoms with van der Waals surface area (Å²) in [6, 6.07) is 4.49. The maximum Gasteiger partial charge on any atom is 0.255 e. The van der Waals surface area contributed by atoms with Crippen molar-refractivity contribution < 1.29 is 5.11 Å². The molecule has 0 aliphatic rings. The summed E-state index contributed by atoms with van der Waals surface area (Å²) in [6.45, 7) is 0. The number of aromatic amines is 1. The van der Waals surface area contributed by atoms with Gasteiger partial charge in [0.15, 0.2) is 4.77 Å². The average Bonchev–Trinajstić information content (AvgIpc) is 2.17. The van der Waals surface area contributed by atoms with Crippen molar-refractivity contribution >= 4 is 12.2 Å². The fraction of sp³-hybridized carbons (Fsp3) is 0. The van der Waals surface area contributed by atoms with Gasteiger partial charge in [-0.25, -0.2) is 0 Å². The molecule has 2 N–H and O–H groups in total. The van der Waals surface area contributed by atoms with Crippen molar-refractivity contribution in [3.8, 4) is 11.6 Å². The molecule has 6 heteroatoms. The van der Waals surface area contributed by atoms with Gasteiger partial charge in [-0.3, -0.25) is 19.3 Å². The van der Waals surface area contributed by atoms with Gasteiger partial charge in [0.2, 0.25) is 5.88 Å². The Morgan fingerprint density at radius 1 is 1.53 bits per heavy atom. The van der Waals surface area contributed by atoms with Gasteiger partial charge in [0.25, 0.3) is 5.56 Å². The molecule has 0 bridgehead atoms. The molecule has 2 heterocycles. The Kier molecular flexibility index (Phi) is 2.34. The first-order chi connectivity index (χ1) is 7.18. The number of nitrogens with one attached hydrogen (secondary N) is 1. The minimum atomic E-state index is -0.433. The van der Waals surface area contributed by atoms with E-state index in [2.05, 4.69) is 9.97 Å². The smallest absolute Gasteiger partial charge is 0.255 e. The van der Waals surface area contributed by atoms with E-state index in [1.54, 1.807) is 18.3 Å². The molecule has 2 aromatic heterocycles. The topological polar surface area (TPSA) is 70.9 Å². The Morgan fingerprint density at radius 3 is 2.93 bits per heavy atom. The van der Waals surface area contributed by atoms with Crippen molar-refractivity contribution in [1.29, 1.82) is 0 Å². The van der Waals surface area contributed by atoms with E-state index < -0.39 is 5.56 Å². The molecule has 0 radical (unpaired) electrons. The molecule has 5 nitrogen and oxygen atoms in total. The van der Waals surface area contributed by atoms with Crippen LogP contribution in [-0.4, -0.2) is 19.6 Å². The number of aromatic nitrogens is 3. The molecule has 2 aromatic rings. The maximum absolute atomic E-state index is 11.0. The lowest BCUT2D eigenvalue weighted by Crippen LogP contribution is -2.10. The second kappa shape index (κ2) is 3.66. The minimum Gasteiger partial charge on any atom is -0.494 e. The van der Waals surface area contributed by atoms with E-state index in [9.17, 15) is 9.90 Å². The van der Waals surface area contributed by atoms with Gasteiger partial charge < -0.3 is 5.11 Å². The van der Waals surface area contributed by atoms with Crippen LogP contribution in [0.1, 0.15) is 0 Å². The lowest BCUT2D eigenvalue weighted by atomic mass is 10.4. The van der Waals surface area contributed by atoms with Crippen LogP contribution >= 0.6 is 12.2 Å². The van der Waals surface area contributed by atoms with Gasteiger partial charge in [-0.15, -0.1) is 0 Å². The number of aromatic hydroxyl groups is 1. The van der Waals surface area contributed by atoms with Crippen molar-refractivity contribution in [1.82, 2.24) is 14.5 Å².